The van der Waals surface area contributed by atoms with Gasteiger partial charge in [0.25, 0.3) is 5.91 Å². The van der Waals surface area contributed by atoms with Gasteiger partial charge in [-0.3, -0.25) is 9.89 Å². The number of nitrogens with two attached hydrogens (primary N) is 1. The fourth-order valence-corrected chi connectivity index (χ4v) is 1.93. The first kappa shape index (κ1) is 10.6. The Kier molecular flexibility index (Phi) is 2.86. The van der Waals surface area contributed by atoms with E-state index in [1.807, 2.05) is 6.92 Å². The van der Waals surface area contributed by atoms with E-state index in [1.54, 1.807) is 17.5 Å². The Morgan fingerprint density at radius 2 is 2.44 bits per heavy atom. The zero-order valence-electron chi connectivity index (χ0n) is 8.65. The van der Waals surface area contributed by atoms with E-state index >= 15 is 0 Å². The molecular weight excluding hydrogens is 226 g/mol. The lowest BCUT2D eigenvalue weighted by atomic mass is 10.3. The van der Waals surface area contributed by atoms with Gasteiger partial charge >= 0.3 is 0 Å². The van der Waals surface area contributed by atoms with Gasteiger partial charge in [0.1, 0.15) is 10.7 Å². The van der Waals surface area contributed by atoms with Crippen molar-refractivity contribution in [1.29, 1.82) is 0 Å². The third kappa shape index (κ3) is 2.19. The molecule has 0 radical (unpaired) electrons. The van der Waals surface area contributed by atoms with Crippen molar-refractivity contribution >= 4 is 22.9 Å². The Bertz CT molecular complexity index is 503. The van der Waals surface area contributed by atoms with Crippen molar-refractivity contribution in [2.45, 2.75) is 13.5 Å². The van der Waals surface area contributed by atoms with Crippen LogP contribution in [0.5, 0.6) is 0 Å². The van der Waals surface area contributed by atoms with Crippen LogP contribution in [-0.2, 0) is 6.54 Å². The van der Waals surface area contributed by atoms with Crippen LogP contribution in [0.4, 0.5) is 5.69 Å². The molecule has 0 atom stereocenters. The SMILES string of the molecule is Cc1cnc(CNC(=O)c2[nH]ncc2N)s1. The van der Waals surface area contributed by atoms with Gasteiger partial charge in [-0.2, -0.15) is 5.10 Å². The van der Waals surface area contributed by atoms with E-state index in [9.17, 15) is 4.79 Å². The molecule has 0 saturated carbocycles. The highest BCUT2D eigenvalue weighted by Gasteiger charge is 2.11. The molecule has 0 unspecified atom stereocenters. The van der Waals surface area contributed by atoms with Gasteiger partial charge in [-0.15, -0.1) is 11.3 Å². The standard InChI is InChI=1S/C9H11N5OS/c1-5-2-11-7(16-5)4-12-9(15)8-6(10)3-13-14-8/h2-3H,4,10H2,1H3,(H,12,15)(H,13,14). The molecule has 0 aliphatic rings. The number of aromatic amines is 1. The van der Waals surface area contributed by atoms with Crippen molar-refractivity contribution in [3.63, 3.8) is 0 Å². The third-order valence-electron chi connectivity index (χ3n) is 1.97. The largest absolute Gasteiger partial charge is 0.396 e. The minimum absolute atomic E-state index is 0.275. The first-order chi connectivity index (χ1) is 7.66. The number of aromatic nitrogens is 3. The maximum absolute atomic E-state index is 11.6. The van der Waals surface area contributed by atoms with E-state index in [4.69, 9.17) is 5.73 Å². The predicted molar refractivity (Wildman–Crippen MR) is 61.0 cm³/mol. The van der Waals surface area contributed by atoms with Gasteiger partial charge in [-0.05, 0) is 6.92 Å². The molecule has 0 aromatic carbocycles. The van der Waals surface area contributed by atoms with Crippen molar-refractivity contribution in [1.82, 2.24) is 20.5 Å². The molecule has 1 amide bonds. The number of amides is 1. The molecule has 0 spiro atoms. The van der Waals surface area contributed by atoms with Crippen LogP contribution in [0.3, 0.4) is 0 Å². The van der Waals surface area contributed by atoms with Crippen LogP contribution in [0.1, 0.15) is 20.4 Å². The summed E-state index contributed by atoms with van der Waals surface area (Å²) in [5.41, 5.74) is 6.17. The van der Waals surface area contributed by atoms with E-state index < -0.39 is 0 Å². The van der Waals surface area contributed by atoms with Crippen LogP contribution >= 0.6 is 11.3 Å². The highest BCUT2D eigenvalue weighted by Crippen LogP contribution is 2.11. The molecule has 0 saturated heterocycles. The van der Waals surface area contributed by atoms with E-state index in [0.29, 0.717) is 12.2 Å². The van der Waals surface area contributed by atoms with E-state index in [-0.39, 0.29) is 11.6 Å². The highest BCUT2D eigenvalue weighted by atomic mass is 32.1. The van der Waals surface area contributed by atoms with Crippen LogP contribution in [0.2, 0.25) is 0 Å². The fraction of sp³-hybridized carbons (Fsp3) is 0.222. The fourth-order valence-electron chi connectivity index (χ4n) is 1.20. The van der Waals surface area contributed by atoms with Gasteiger partial charge in [0.15, 0.2) is 0 Å². The molecule has 0 fully saturated rings. The van der Waals surface area contributed by atoms with Crippen molar-refractivity contribution < 1.29 is 4.79 Å². The monoisotopic (exact) mass is 237 g/mol. The molecule has 84 valence electrons. The number of hydrogen-bond acceptors (Lipinski definition) is 5. The number of nitrogens with one attached hydrogen (secondary N) is 2. The van der Waals surface area contributed by atoms with Gasteiger partial charge in [0.2, 0.25) is 0 Å². The molecule has 2 aromatic rings. The molecule has 2 rings (SSSR count). The molecule has 4 N–H and O–H groups in total. The number of carbonyl (C=O) groups excluding carboxylic acids is 1. The summed E-state index contributed by atoms with van der Waals surface area (Å²) < 4.78 is 0. The van der Waals surface area contributed by atoms with Crippen LogP contribution in [-0.4, -0.2) is 21.1 Å². The molecule has 16 heavy (non-hydrogen) atoms. The van der Waals surface area contributed by atoms with Crippen molar-refractivity contribution in [2.75, 3.05) is 5.73 Å². The second-order valence-corrected chi connectivity index (χ2v) is 4.57. The van der Waals surface area contributed by atoms with Crippen LogP contribution in [0.15, 0.2) is 12.4 Å². The summed E-state index contributed by atoms with van der Waals surface area (Å²) in [5, 5.41) is 9.80. The minimum Gasteiger partial charge on any atom is -0.396 e. The molecule has 7 heteroatoms. The van der Waals surface area contributed by atoms with Crippen molar-refractivity contribution in [2.24, 2.45) is 0 Å². The summed E-state index contributed by atoms with van der Waals surface area (Å²) in [4.78, 5) is 16.9. The number of nitrogen functional groups attached to an aromatic ring is 1. The van der Waals surface area contributed by atoms with Crippen LogP contribution < -0.4 is 11.1 Å². The minimum atomic E-state index is -0.275. The van der Waals surface area contributed by atoms with E-state index in [0.717, 1.165) is 9.88 Å². The second kappa shape index (κ2) is 4.31. The lowest BCUT2D eigenvalue weighted by Gasteiger charge is -2.01. The summed E-state index contributed by atoms with van der Waals surface area (Å²) >= 11 is 1.55. The quantitative estimate of drug-likeness (QED) is 0.731. The first-order valence-corrected chi connectivity index (χ1v) is 5.47. The normalized spacial score (nSPS) is 10.3. The first-order valence-electron chi connectivity index (χ1n) is 4.65. The average molecular weight is 237 g/mol. The summed E-state index contributed by atoms with van der Waals surface area (Å²) in [6.07, 6.45) is 3.18. The summed E-state index contributed by atoms with van der Waals surface area (Å²) in [6.45, 7) is 2.37. The molecular formula is C9H11N5OS. The van der Waals surface area contributed by atoms with Crippen LogP contribution in [0.25, 0.3) is 0 Å². The zero-order chi connectivity index (χ0) is 11.5. The summed E-state index contributed by atoms with van der Waals surface area (Å²) in [5.74, 6) is -0.275. The molecule has 0 aliphatic heterocycles. The van der Waals surface area contributed by atoms with E-state index in [2.05, 4.69) is 20.5 Å². The van der Waals surface area contributed by atoms with Gasteiger partial charge in [0.05, 0.1) is 18.4 Å². The smallest absolute Gasteiger partial charge is 0.271 e. The van der Waals surface area contributed by atoms with Gasteiger partial charge < -0.3 is 11.1 Å². The highest BCUT2D eigenvalue weighted by molar-refractivity contribution is 7.11. The average Bonchev–Trinajstić information content (AvgIpc) is 2.84. The van der Waals surface area contributed by atoms with E-state index in [1.165, 1.54) is 6.20 Å². The van der Waals surface area contributed by atoms with Gasteiger partial charge in [0, 0.05) is 11.1 Å². The number of hydrogen-bond donors (Lipinski definition) is 3. The van der Waals surface area contributed by atoms with Crippen LogP contribution in [0, 0.1) is 6.92 Å². The maximum Gasteiger partial charge on any atom is 0.271 e. The maximum atomic E-state index is 11.6. The Labute approximate surface area is 95.9 Å². The number of nitrogens with zero attached hydrogens (tertiary/aromatic N) is 2. The number of carbonyl (C=O) groups is 1. The molecule has 2 aromatic heterocycles. The Morgan fingerprint density at radius 3 is 3.00 bits per heavy atom. The molecule has 2 heterocycles. The lowest BCUT2D eigenvalue weighted by molar-refractivity contribution is 0.0947. The summed E-state index contributed by atoms with van der Waals surface area (Å²) in [7, 11) is 0. The Balaban J connectivity index is 1.96. The van der Waals surface area contributed by atoms with Crippen molar-refractivity contribution in [3.05, 3.63) is 28.0 Å². The number of anilines is 1. The number of thiazole rings is 1. The van der Waals surface area contributed by atoms with Gasteiger partial charge in [-0.25, -0.2) is 4.98 Å². The predicted octanol–water partition coefficient (Wildman–Crippen LogP) is 0.687. The molecule has 0 aliphatic carbocycles. The third-order valence-corrected chi connectivity index (χ3v) is 2.88. The zero-order valence-corrected chi connectivity index (χ0v) is 9.47. The molecule has 6 nitrogen and oxygen atoms in total. The Hall–Kier alpha value is -1.89. The topological polar surface area (TPSA) is 96.7 Å². The summed E-state index contributed by atoms with van der Waals surface area (Å²) in [6, 6.07) is 0. The number of H-pyrrole nitrogens is 1. The van der Waals surface area contributed by atoms with Gasteiger partial charge in [-0.1, -0.05) is 0 Å². The number of rotatable bonds is 3. The number of aryl methyl sites for hydroxylation is 1. The lowest BCUT2D eigenvalue weighted by Crippen LogP contribution is -2.23. The second-order valence-electron chi connectivity index (χ2n) is 3.25. The molecule has 0 bridgehead atoms. The Morgan fingerprint density at radius 1 is 1.62 bits per heavy atom. The van der Waals surface area contributed by atoms with Crippen molar-refractivity contribution in [3.8, 4) is 0 Å².